The number of hydrogen-bond acceptors (Lipinski definition) is 4. The molecule has 106 valence electrons. The molecule has 3 aromatic rings. The molecule has 0 amide bonds. The van der Waals surface area contributed by atoms with Gasteiger partial charge in [-0.15, -0.1) is 0 Å². The third kappa shape index (κ3) is 3.05. The number of halogens is 1. The van der Waals surface area contributed by atoms with Gasteiger partial charge in [-0.3, -0.25) is 5.10 Å². The molecule has 0 fully saturated rings. The molecule has 0 unspecified atom stereocenters. The van der Waals surface area contributed by atoms with E-state index in [0.29, 0.717) is 12.5 Å². The highest BCUT2D eigenvalue weighted by Gasteiger charge is 2.06. The lowest BCUT2D eigenvalue weighted by molar-refractivity contribution is 0.627. The first-order valence-corrected chi connectivity index (χ1v) is 6.54. The van der Waals surface area contributed by atoms with Crippen LogP contribution in [0.5, 0.6) is 0 Å². The summed E-state index contributed by atoms with van der Waals surface area (Å²) in [6, 6.07) is 8.16. The maximum absolute atomic E-state index is 12.8. The zero-order chi connectivity index (χ0) is 14.7. The van der Waals surface area contributed by atoms with Gasteiger partial charge >= 0.3 is 0 Å². The third-order valence-corrected chi connectivity index (χ3v) is 3.13. The van der Waals surface area contributed by atoms with Crippen molar-refractivity contribution in [2.24, 2.45) is 0 Å². The molecule has 2 aromatic heterocycles. The molecule has 0 aliphatic rings. The molecule has 2 heterocycles. The minimum absolute atomic E-state index is 0.243. The van der Waals surface area contributed by atoms with Gasteiger partial charge in [-0.25, -0.2) is 14.4 Å². The van der Waals surface area contributed by atoms with Crippen molar-refractivity contribution in [3.63, 3.8) is 0 Å². The number of anilines is 1. The van der Waals surface area contributed by atoms with Crippen molar-refractivity contribution in [2.75, 3.05) is 5.32 Å². The van der Waals surface area contributed by atoms with Gasteiger partial charge in [0.05, 0.1) is 11.9 Å². The Kier molecular flexibility index (Phi) is 3.59. The monoisotopic (exact) mass is 283 g/mol. The highest BCUT2D eigenvalue weighted by Crippen LogP contribution is 2.19. The van der Waals surface area contributed by atoms with Gasteiger partial charge in [0.1, 0.15) is 5.82 Å². The average Bonchev–Trinajstić information content (AvgIpc) is 2.93. The van der Waals surface area contributed by atoms with Crippen LogP contribution in [0.15, 0.2) is 42.7 Å². The number of aromatic nitrogens is 4. The Hall–Kier alpha value is -2.76. The first-order chi connectivity index (χ1) is 10.2. The normalized spacial score (nSPS) is 10.6. The van der Waals surface area contributed by atoms with Gasteiger partial charge in [-0.1, -0.05) is 12.1 Å². The quantitative estimate of drug-likeness (QED) is 0.772. The van der Waals surface area contributed by atoms with Gasteiger partial charge in [0, 0.05) is 24.0 Å². The zero-order valence-electron chi connectivity index (χ0n) is 11.5. The molecule has 5 nitrogen and oxygen atoms in total. The molecule has 0 aliphatic heterocycles. The number of H-pyrrole nitrogens is 1. The Morgan fingerprint density at radius 2 is 2.00 bits per heavy atom. The van der Waals surface area contributed by atoms with Crippen LogP contribution in [-0.2, 0) is 6.54 Å². The fourth-order valence-electron chi connectivity index (χ4n) is 1.99. The zero-order valence-corrected chi connectivity index (χ0v) is 11.5. The summed E-state index contributed by atoms with van der Waals surface area (Å²) in [6.07, 6.45) is 3.43. The second-order valence-electron chi connectivity index (χ2n) is 4.65. The topological polar surface area (TPSA) is 66.5 Å². The number of hydrogen-bond donors (Lipinski definition) is 2. The molecule has 6 heteroatoms. The van der Waals surface area contributed by atoms with Gasteiger partial charge in [0.25, 0.3) is 0 Å². The SMILES string of the molecule is Cc1[nH]ncc1-c1ccnc(NCc2ccc(F)cc2)n1. The fourth-order valence-corrected chi connectivity index (χ4v) is 1.99. The molecule has 3 rings (SSSR count). The Balaban J connectivity index is 1.74. The van der Waals surface area contributed by atoms with Gasteiger partial charge in [0.2, 0.25) is 5.95 Å². The molecule has 0 aliphatic carbocycles. The molecular formula is C15H14FN5. The number of nitrogens with zero attached hydrogens (tertiary/aromatic N) is 3. The molecular weight excluding hydrogens is 269 g/mol. The summed E-state index contributed by atoms with van der Waals surface area (Å²) in [7, 11) is 0. The second kappa shape index (κ2) is 5.70. The van der Waals surface area contributed by atoms with Gasteiger partial charge < -0.3 is 5.32 Å². The number of benzene rings is 1. The lowest BCUT2D eigenvalue weighted by atomic mass is 10.2. The lowest BCUT2D eigenvalue weighted by Gasteiger charge is -2.06. The Bertz CT molecular complexity index is 736. The van der Waals surface area contributed by atoms with Crippen molar-refractivity contribution in [3.8, 4) is 11.3 Å². The van der Waals surface area contributed by atoms with Gasteiger partial charge in [-0.05, 0) is 30.7 Å². The van der Waals surface area contributed by atoms with E-state index in [1.165, 1.54) is 12.1 Å². The number of aryl methyl sites for hydroxylation is 1. The lowest BCUT2D eigenvalue weighted by Crippen LogP contribution is -2.04. The molecule has 0 atom stereocenters. The van der Waals surface area contributed by atoms with Crippen molar-refractivity contribution in [1.82, 2.24) is 20.2 Å². The summed E-state index contributed by atoms with van der Waals surface area (Å²) in [5.74, 6) is 0.282. The van der Waals surface area contributed by atoms with Crippen molar-refractivity contribution in [2.45, 2.75) is 13.5 Å². The predicted molar refractivity (Wildman–Crippen MR) is 78.1 cm³/mol. The van der Waals surface area contributed by atoms with Crippen molar-refractivity contribution >= 4 is 5.95 Å². The van der Waals surface area contributed by atoms with Crippen molar-refractivity contribution in [3.05, 3.63) is 59.8 Å². The highest BCUT2D eigenvalue weighted by molar-refractivity contribution is 5.61. The van der Waals surface area contributed by atoms with Crippen LogP contribution < -0.4 is 5.32 Å². The minimum atomic E-state index is -0.243. The maximum Gasteiger partial charge on any atom is 0.223 e. The van der Waals surface area contributed by atoms with Crippen LogP contribution in [0.25, 0.3) is 11.3 Å². The largest absolute Gasteiger partial charge is 0.350 e. The van der Waals surface area contributed by atoms with Crippen molar-refractivity contribution < 1.29 is 4.39 Å². The molecule has 0 saturated heterocycles. The summed E-state index contributed by atoms with van der Waals surface area (Å²) < 4.78 is 12.8. The van der Waals surface area contributed by atoms with E-state index in [1.807, 2.05) is 13.0 Å². The summed E-state index contributed by atoms with van der Waals surface area (Å²) in [5.41, 5.74) is 3.67. The fraction of sp³-hybridized carbons (Fsp3) is 0.133. The predicted octanol–water partition coefficient (Wildman–Crippen LogP) is 2.93. The van der Waals surface area contributed by atoms with Crippen molar-refractivity contribution in [1.29, 1.82) is 0 Å². The van der Waals surface area contributed by atoms with Crippen LogP contribution in [0.2, 0.25) is 0 Å². The summed E-state index contributed by atoms with van der Waals surface area (Å²) in [6.45, 7) is 2.48. The van der Waals surface area contributed by atoms with E-state index in [2.05, 4.69) is 25.5 Å². The molecule has 0 saturated carbocycles. The number of aromatic amines is 1. The molecule has 0 spiro atoms. The highest BCUT2D eigenvalue weighted by atomic mass is 19.1. The summed E-state index contributed by atoms with van der Waals surface area (Å²) >= 11 is 0. The van der Waals surface area contributed by atoms with E-state index in [0.717, 1.165) is 22.5 Å². The third-order valence-electron chi connectivity index (χ3n) is 3.13. The Morgan fingerprint density at radius 1 is 1.19 bits per heavy atom. The molecule has 0 bridgehead atoms. The van der Waals surface area contributed by atoms with E-state index < -0.39 is 0 Å². The van der Waals surface area contributed by atoms with Crippen LogP contribution in [0.4, 0.5) is 10.3 Å². The van der Waals surface area contributed by atoms with Crippen LogP contribution in [0, 0.1) is 12.7 Å². The molecule has 1 aromatic carbocycles. The van der Waals surface area contributed by atoms with E-state index >= 15 is 0 Å². The average molecular weight is 283 g/mol. The van der Waals surface area contributed by atoms with E-state index in [9.17, 15) is 4.39 Å². The van der Waals surface area contributed by atoms with Crippen LogP contribution in [0.1, 0.15) is 11.3 Å². The molecule has 21 heavy (non-hydrogen) atoms. The van der Waals surface area contributed by atoms with Gasteiger partial charge in [0.15, 0.2) is 0 Å². The smallest absolute Gasteiger partial charge is 0.223 e. The number of nitrogens with one attached hydrogen (secondary N) is 2. The Labute approximate surface area is 121 Å². The van der Waals surface area contributed by atoms with Crippen LogP contribution in [0.3, 0.4) is 0 Å². The maximum atomic E-state index is 12.8. The van der Waals surface area contributed by atoms with Crippen LogP contribution >= 0.6 is 0 Å². The standard InChI is InChI=1S/C15H14FN5/c1-10-13(9-19-21-10)14-6-7-17-15(20-14)18-8-11-2-4-12(16)5-3-11/h2-7,9H,8H2,1H3,(H,19,21)(H,17,18,20). The van der Waals surface area contributed by atoms with E-state index in [4.69, 9.17) is 0 Å². The first kappa shape index (κ1) is 13.2. The van der Waals surface area contributed by atoms with Gasteiger partial charge in [-0.2, -0.15) is 5.10 Å². The van der Waals surface area contributed by atoms with E-state index in [1.54, 1.807) is 24.5 Å². The molecule has 2 N–H and O–H groups in total. The molecule has 0 radical (unpaired) electrons. The van der Waals surface area contributed by atoms with E-state index in [-0.39, 0.29) is 5.82 Å². The summed E-state index contributed by atoms with van der Waals surface area (Å²) in [5, 5.41) is 10.00. The Morgan fingerprint density at radius 3 is 2.71 bits per heavy atom. The first-order valence-electron chi connectivity index (χ1n) is 6.54. The minimum Gasteiger partial charge on any atom is -0.350 e. The summed E-state index contributed by atoms with van der Waals surface area (Å²) in [4.78, 5) is 8.64. The second-order valence-corrected chi connectivity index (χ2v) is 4.65. The number of rotatable bonds is 4. The van der Waals surface area contributed by atoms with Crippen LogP contribution in [-0.4, -0.2) is 20.2 Å².